The smallest absolute Gasteiger partial charge is 0.265 e. The molecule has 2 heterocycles. The summed E-state index contributed by atoms with van der Waals surface area (Å²) in [5.41, 5.74) is 4.46. The molecule has 1 fully saturated rings. The van der Waals surface area contributed by atoms with Gasteiger partial charge in [0.25, 0.3) is 5.91 Å². The van der Waals surface area contributed by atoms with E-state index in [9.17, 15) is 9.90 Å². The van der Waals surface area contributed by atoms with Gasteiger partial charge in [-0.2, -0.15) is 0 Å². The van der Waals surface area contributed by atoms with Crippen molar-refractivity contribution in [1.82, 2.24) is 20.3 Å². The predicted octanol–water partition coefficient (Wildman–Crippen LogP) is 2.32. The van der Waals surface area contributed by atoms with Crippen molar-refractivity contribution in [2.45, 2.75) is 13.0 Å². The summed E-state index contributed by atoms with van der Waals surface area (Å²) < 4.78 is 12.0. The first-order valence-corrected chi connectivity index (χ1v) is 11.4. The fraction of sp³-hybridized carbons (Fsp3) is 0.391. The first-order valence-electron chi connectivity index (χ1n) is 10.6. The number of thiazole rings is 1. The molecule has 170 valence electrons. The van der Waals surface area contributed by atoms with Crippen LogP contribution in [-0.2, 0) is 0 Å². The van der Waals surface area contributed by atoms with Crippen LogP contribution in [0.5, 0.6) is 11.5 Å². The number of carbonyl (C=O) groups excluding carboxylic acids is 1. The number of rotatable bonds is 8. The molecule has 2 N–H and O–H groups in total. The van der Waals surface area contributed by atoms with Crippen molar-refractivity contribution in [2.75, 3.05) is 46.4 Å². The van der Waals surface area contributed by atoms with Crippen LogP contribution in [0.1, 0.15) is 15.4 Å². The zero-order chi connectivity index (χ0) is 22.5. The normalized spacial score (nSPS) is 16.1. The van der Waals surface area contributed by atoms with E-state index in [2.05, 4.69) is 15.3 Å². The van der Waals surface area contributed by atoms with Crippen LogP contribution in [0, 0.1) is 6.92 Å². The van der Waals surface area contributed by atoms with E-state index in [1.807, 2.05) is 30.1 Å². The van der Waals surface area contributed by atoms with E-state index in [-0.39, 0.29) is 12.5 Å². The van der Waals surface area contributed by atoms with Crippen molar-refractivity contribution in [3.05, 3.63) is 53.0 Å². The summed E-state index contributed by atoms with van der Waals surface area (Å²) in [5, 5.41) is 13.3. The monoisotopic (exact) mass is 456 g/mol. The Balaban J connectivity index is 1.18. The molecule has 0 aliphatic carbocycles. The second-order valence-corrected chi connectivity index (χ2v) is 9.02. The molecule has 0 bridgehead atoms. The minimum absolute atomic E-state index is 0.137. The maximum absolute atomic E-state index is 12.4. The maximum Gasteiger partial charge on any atom is 0.265 e. The number of benzene rings is 2. The van der Waals surface area contributed by atoms with E-state index in [0.717, 1.165) is 34.1 Å². The number of nitrogens with zero attached hydrogens (tertiary/aromatic N) is 3. The Morgan fingerprint density at radius 3 is 2.59 bits per heavy atom. The summed E-state index contributed by atoms with van der Waals surface area (Å²) in [5.74, 6) is 1.30. The van der Waals surface area contributed by atoms with Crippen LogP contribution in [0.4, 0.5) is 0 Å². The highest BCUT2D eigenvalue weighted by atomic mass is 32.1. The molecule has 2 aromatic carbocycles. The highest BCUT2D eigenvalue weighted by Gasteiger charge is 2.21. The maximum atomic E-state index is 12.4. The number of methoxy groups -OCH3 is 1. The molecular weight excluding hydrogens is 428 g/mol. The number of hydrazine groups is 1. The lowest BCUT2D eigenvalue weighted by molar-refractivity contribution is 0.0317. The SMILES string of the molecule is COc1ccc(C(=O)NN2CCN(C[C@@H](O)COc3ccc4sc(C)nc4c3)CC2)cc1. The fourth-order valence-corrected chi connectivity index (χ4v) is 4.46. The Labute approximate surface area is 191 Å². The Morgan fingerprint density at radius 2 is 1.88 bits per heavy atom. The third-order valence-corrected chi connectivity index (χ3v) is 6.31. The van der Waals surface area contributed by atoms with Crippen LogP contribution in [0.25, 0.3) is 10.2 Å². The molecule has 1 aliphatic rings. The molecule has 1 saturated heterocycles. The number of hydrogen-bond acceptors (Lipinski definition) is 8. The Hall–Kier alpha value is -2.72. The van der Waals surface area contributed by atoms with Crippen molar-refractivity contribution in [2.24, 2.45) is 0 Å². The first kappa shape index (κ1) is 22.5. The van der Waals surface area contributed by atoms with Gasteiger partial charge in [0.15, 0.2) is 0 Å². The molecule has 4 rings (SSSR count). The summed E-state index contributed by atoms with van der Waals surface area (Å²) in [6, 6.07) is 12.9. The molecule has 32 heavy (non-hydrogen) atoms. The van der Waals surface area contributed by atoms with Gasteiger partial charge in [0.05, 0.1) is 22.3 Å². The van der Waals surface area contributed by atoms with E-state index in [1.54, 1.807) is 42.7 Å². The highest BCUT2D eigenvalue weighted by molar-refractivity contribution is 7.18. The minimum atomic E-state index is -0.594. The van der Waals surface area contributed by atoms with Gasteiger partial charge in [0.1, 0.15) is 24.2 Å². The summed E-state index contributed by atoms with van der Waals surface area (Å²) in [7, 11) is 1.60. The average Bonchev–Trinajstić information content (AvgIpc) is 3.18. The van der Waals surface area contributed by atoms with E-state index in [4.69, 9.17) is 9.47 Å². The summed E-state index contributed by atoms with van der Waals surface area (Å²) in [4.78, 5) is 19.1. The summed E-state index contributed by atoms with van der Waals surface area (Å²) >= 11 is 1.65. The van der Waals surface area contributed by atoms with Gasteiger partial charge >= 0.3 is 0 Å². The van der Waals surface area contributed by atoms with Crippen molar-refractivity contribution in [3.8, 4) is 11.5 Å². The third-order valence-electron chi connectivity index (χ3n) is 5.36. The predicted molar refractivity (Wildman–Crippen MR) is 124 cm³/mol. The fourth-order valence-electron chi connectivity index (χ4n) is 3.65. The van der Waals surface area contributed by atoms with Crippen molar-refractivity contribution in [1.29, 1.82) is 0 Å². The van der Waals surface area contributed by atoms with E-state index in [0.29, 0.717) is 30.9 Å². The van der Waals surface area contributed by atoms with Crippen LogP contribution in [0.15, 0.2) is 42.5 Å². The number of piperazine rings is 1. The molecule has 0 unspecified atom stereocenters. The number of amides is 1. The standard InChI is InChI=1S/C23H28N4O4S/c1-16-24-21-13-20(7-8-22(21)32-16)31-15-18(28)14-26-9-11-27(12-10-26)25-23(29)17-3-5-19(30-2)6-4-17/h3-8,13,18,28H,9-12,14-15H2,1-2H3,(H,25,29)/t18-/m1/s1. The van der Waals surface area contributed by atoms with Crippen LogP contribution in [0.2, 0.25) is 0 Å². The van der Waals surface area contributed by atoms with Crippen LogP contribution in [0.3, 0.4) is 0 Å². The molecule has 1 aromatic heterocycles. The number of ether oxygens (including phenoxy) is 2. The highest BCUT2D eigenvalue weighted by Crippen LogP contribution is 2.25. The van der Waals surface area contributed by atoms with Crippen molar-refractivity contribution in [3.63, 3.8) is 0 Å². The molecule has 1 amide bonds. The van der Waals surface area contributed by atoms with E-state index >= 15 is 0 Å². The Bertz CT molecular complexity index is 1050. The van der Waals surface area contributed by atoms with Crippen LogP contribution < -0.4 is 14.9 Å². The third kappa shape index (κ3) is 5.74. The lowest BCUT2D eigenvalue weighted by Gasteiger charge is -2.35. The molecule has 9 heteroatoms. The molecular formula is C23H28N4O4S. The molecule has 1 aliphatic heterocycles. The number of aliphatic hydroxyl groups is 1. The molecule has 0 saturated carbocycles. The number of carbonyl (C=O) groups is 1. The number of β-amino-alcohol motifs (C(OH)–C–C–N with tert-alkyl or cyclic N) is 1. The number of aromatic nitrogens is 1. The van der Waals surface area contributed by atoms with Gasteiger partial charge in [-0.15, -0.1) is 11.3 Å². The van der Waals surface area contributed by atoms with Crippen LogP contribution in [-0.4, -0.2) is 78.5 Å². The molecule has 8 nitrogen and oxygen atoms in total. The zero-order valence-electron chi connectivity index (χ0n) is 18.3. The van der Waals surface area contributed by atoms with Gasteiger partial charge in [-0.05, 0) is 43.3 Å². The number of nitrogens with one attached hydrogen (secondary N) is 1. The second-order valence-electron chi connectivity index (χ2n) is 7.78. The molecule has 3 aromatic rings. The first-order chi connectivity index (χ1) is 15.5. The Morgan fingerprint density at radius 1 is 1.16 bits per heavy atom. The van der Waals surface area contributed by atoms with E-state index in [1.165, 1.54) is 0 Å². The van der Waals surface area contributed by atoms with Crippen molar-refractivity contribution < 1.29 is 19.4 Å². The van der Waals surface area contributed by atoms with Gasteiger partial charge in [-0.3, -0.25) is 15.1 Å². The van der Waals surface area contributed by atoms with Gasteiger partial charge in [-0.25, -0.2) is 9.99 Å². The molecule has 1 atom stereocenters. The molecule has 0 spiro atoms. The largest absolute Gasteiger partial charge is 0.497 e. The Kier molecular flexibility index (Phi) is 7.21. The topological polar surface area (TPSA) is 87.2 Å². The number of aliphatic hydroxyl groups excluding tert-OH is 1. The quantitative estimate of drug-likeness (QED) is 0.538. The van der Waals surface area contributed by atoms with Gasteiger partial charge in [0, 0.05) is 44.4 Å². The second kappa shape index (κ2) is 10.3. The number of hydrogen-bond donors (Lipinski definition) is 2. The van der Waals surface area contributed by atoms with Gasteiger partial charge < -0.3 is 14.6 Å². The van der Waals surface area contributed by atoms with Gasteiger partial charge in [-0.1, -0.05) is 0 Å². The van der Waals surface area contributed by atoms with E-state index < -0.39 is 6.10 Å². The molecule has 0 radical (unpaired) electrons. The number of fused-ring (bicyclic) bond motifs is 1. The average molecular weight is 457 g/mol. The van der Waals surface area contributed by atoms with Crippen molar-refractivity contribution >= 4 is 27.5 Å². The zero-order valence-corrected chi connectivity index (χ0v) is 19.1. The van der Waals surface area contributed by atoms with Crippen LogP contribution >= 0.6 is 11.3 Å². The summed E-state index contributed by atoms with van der Waals surface area (Å²) in [6.07, 6.45) is -0.594. The number of aryl methyl sites for hydroxylation is 1. The summed E-state index contributed by atoms with van der Waals surface area (Å²) in [6.45, 7) is 5.62. The minimum Gasteiger partial charge on any atom is -0.497 e. The lowest BCUT2D eigenvalue weighted by Crippen LogP contribution is -2.54. The lowest BCUT2D eigenvalue weighted by atomic mass is 10.2. The van der Waals surface area contributed by atoms with Gasteiger partial charge in [0.2, 0.25) is 0 Å².